The highest BCUT2D eigenvalue weighted by atomic mass is 15.2. The minimum atomic E-state index is 0.195. The summed E-state index contributed by atoms with van der Waals surface area (Å²) in [6.07, 6.45) is 9.22. The number of nitrogens with two attached hydrogens (primary N) is 1. The van der Waals surface area contributed by atoms with Gasteiger partial charge in [-0.2, -0.15) is 0 Å². The zero-order valence-electron chi connectivity index (χ0n) is 13.1. The summed E-state index contributed by atoms with van der Waals surface area (Å²) in [5.74, 6) is 1.12. The van der Waals surface area contributed by atoms with Crippen molar-refractivity contribution in [1.29, 1.82) is 0 Å². The minimum Gasteiger partial charge on any atom is -0.355 e. The van der Waals surface area contributed by atoms with E-state index in [1.165, 1.54) is 31.4 Å². The average molecular weight is 286 g/mol. The second-order valence-corrected chi connectivity index (χ2v) is 6.23. The third-order valence-electron chi connectivity index (χ3n) is 4.79. The van der Waals surface area contributed by atoms with E-state index in [4.69, 9.17) is 10.7 Å². The first kappa shape index (κ1) is 14.4. The van der Waals surface area contributed by atoms with Gasteiger partial charge in [0.25, 0.3) is 0 Å². The third-order valence-corrected chi connectivity index (χ3v) is 4.79. The third kappa shape index (κ3) is 2.77. The molecule has 0 radical (unpaired) electrons. The Labute approximate surface area is 127 Å². The van der Waals surface area contributed by atoms with Crippen LogP contribution >= 0.6 is 0 Å². The summed E-state index contributed by atoms with van der Waals surface area (Å²) >= 11 is 0. The Bertz CT molecular complexity index is 598. The normalized spacial score (nSPS) is 17.5. The van der Waals surface area contributed by atoms with Gasteiger partial charge in [0.05, 0.1) is 5.69 Å². The van der Waals surface area contributed by atoms with E-state index in [9.17, 15) is 0 Å². The lowest BCUT2D eigenvalue weighted by Gasteiger charge is -2.26. The number of fused-ring (bicyclic) bond motifs is 1. The molecule has 1 atom stereocenters. The number of aromatic nitrogens is 2. The monoisotopic (exact) mass is 286 g/mol. The molecular formula is C17H26N4. The summed E-state index contributed by atoms with van der Waals surface area (Å²) in [5, 5.41) is 0. The van der Waals surface area contributed by atoms with E-state index in [1.54, 1.807) is 0 Å². The van der Waals surface area contributed by atoms with E-state index < -0.39 is 0 Å². The summed E-state index contributed by atoms with van der Waals surface area (Å²) in [5.41, 5.74) is 8.50. The van der Waals surface area contributed by atoms with Crippen LogP contribution in [-0.2, 0) is 6.42 Å². The zero-order valence-corrected chi connectivity index (χ0v) is 13.1. The molecule has 1 unspecified atom stereocenters. The largest absolute Gasteiger partial charge is 0.355 e. The van der Waals surface area contributed by atoms with Crippen LogP contribution in [-0.4, -0.2) is 28.5 Å². The number of anilines is 1. The van der Waals surface area contributed by atoms with Crippen LogP contribution in [0.25, 0.3) is 5.65 Å². The summed E-state index contributed by atoms with van der Waals surface area (Å²) in [7, 11) is 2.19. The fraction of sp³-hybridized carbons (Fsp3) is 0.588. The molecule has 0 saturated heterocycles. The molecule has 2 N–H and O–H groups in total. The first-order chi connectivity index (χ1) is 10.2. The highest BCUT2D eigenvalue weighted by Crippen LogP contribution is 2.30. The van der Waals surface area contributed by atoms with Gasteiger partial charge in [-0.1, -0.05) is 25.8 Å². The Morgan fingerprint density at radius 2 is 2.14 bits per heavy atom. The minimum absolute atomic E-state index is 0.195. The van der Waals surface area contributed by atoms with Crippen LogP contribution in [0.1, 0.15) is 44.7 Å². The van der Waals surface area contributed by atoms with Crippen molar-refractivity contribution in [2.75, 3.05) is 11.9 Å². The molecule has 1 aliphatic rings. The molecule has 0 aliphatic heterocycles. The van der Waals surface area contributed by atoms with E-state index in [-0.39, 0.29) is 6.04 Å². The van der Waals surface area contributed by atoms with E-state index in [0.717, 1.165) is 24.3 Å². The molecule has 1 saturated carbocycles. The second-order valence-electron chi connectivity index (χ2n) is 6.23. The molecule has 2 heterocycles. The van der Waals surface area contributed by atoms with E-state index >= 15 is 0 Å². The first-order valence-corrected chi connectivity index (χ1v) is 8.15. The van der Waals surface area contributed by atoms with Gasteiger partial charge in [-0.05, 0) is 31.4 Å². The Hall–Kier alpha value is -1.55. The Morgan fingerprint density at radius 1 is 1.38 bits per heavy atom. The van der Waals surface area contributed by atoms with E-state index in [0.29, 0.717) is 6.04 Å². The van der Waals surface area contributed by atoms with Crippen molar-refractivity contribution in [3.8, 4) is 0 Å². The predicted octanol–water partition coefficient (Wildman–Crippen LogP) is 2.99. The van der Waals surface area contributed by atoms with Gasteiger partial charge in [0.15, 0.2) is 5.82 Å². The average Bonchev–Trinajstić information content (AvgIpc) is 3.15. The molecule has 4 heteroatoms. The topological polar surface area (TPSA) is 46.6 Å². The fourth-order valence-electron chi connectivity index (χ4n) is 3.36. The Morgan fingerprint density at radius 3 is 2.86 bits per heavy atom. The molecule has 0 spiro atoms. The van der Waals surface area contributed by atoms with Gasteiger partial charge in [-0.25, -0.2) is 4.98 Å². The lowest BCUT2D eigenvalue weighted by atomic mass is 10.1. The number of pyridine rings is 1. The summed E-state index contributed by atoms with van der Waals surface area (Å²) in [4.78, 5) is 7.26. The predicted molar refractivity (Wildman–Crippen MR) is 87.8 cm³/mol. The van der Waals surface area contributed by atoms with E-state index in [1.807, 2.05) is 6.07 Å². The molecule has 3 rings (SSSR count). The van der Waals surface area contributed by atoms with Crippen LogP contribution in [0.15, 0.2) is 24.4 Å². The Kier molecular flexibility index (Phi) is 4.15. The highest BCUT2D eigenvalue weighted by Gasteiger charge is 2.25. The van der Waals surface area contributed by atoms with Gasteiger partial charge in [-0.3, -0.25) is 0 Å². The molecule has 4 nitrogen and oxygen atoms in total. The summed E-state index contributed by atoms with van der Waals surface area (Å²) in [6.45, 7) is 2.15. The van der Waals surface area contributed by atoms with Gasteiger partial charge >= 0.3 is 0 Å². The van der Waals surface area contributed by atoms with Crippen molar-refractivity contribution < 1.29 is 0 Å². The molecule has 0 bridgehead atoms. The SMILES string of the molecule is CCC(N)Cc1c(N(C)C2CCCC2)nc2ccccn12. The quantitative estimate of drug-likeness (QED) is 0.919. The number of nitrogens with zero attached hydrogens (tertiary/aromatic N) is 3. The van der Waals surface area contributed by atoms with Crippen molar-refractivity contribution in [3.63, 3.8) is 0 Å². The maximum Gasteiger partial charge on any atom is 0.151 e. The molecular weight excluding hydrogens is 260 g/mol. The molecule has 114 valence electrons. The fourth-order valence-corrected chi connectivity index (χ4v) is 3.36. The highest BCUT2D eigenvalue weighted by molar-refractivity contribution is 5.56. The van der Waals surface area contributed by atoms with Crippen molar-refractivity contribution >= 4 is 11.5 Å². The maximum absolute atomic E-state index is 6.22. The number of hydrogen-bond acceptors (Lipinski definition) is 3. The van der Waals surface area contributed by atoms with Gasteiger partial charge < -0.3 is 15.0 Å². The summed E-state index contributed by atoms with van der Waals surface area (Å²) < 4.78 is 2.20. The second kappa shape index (κ2) is 6.06. The first-order valence-electron chi connectivity index (χ1n) is 8.15. The zero-order chi connectivity index (χ0) is 14.8. The van der Waals surface area contributed by atoms with Crippen LogP contribution < -0.4 is 10.6 Å². The standard InChI is InChI=1S/C17H26N4/c1-3-13(18)12-15-17(20(2)14-8-4-5-9-14)19-16-10-6-7-11-21(15)16/h6-7,10-11,13-14H,3-5,8-9,12,18H2,1-2H3. The van der Waals surface area contributed by atoms with Crippen LogP contribution in [0, 0.1) is 0 Å². The molecule has 0 amide bonds. The smallest absolute Gasteiger partial charge is 0.151 e. The van der Waals surface area contributed by atoms with Gasteiger partial charge in [0.2, 0.25) is 0 Å². The van der Waals surface area contributed by atoms with Gasteiger partial charge in [0, 0.05) is 31.7 Å². The molecule has 2 aromatic heterocycles. The Balaban J connectivity index is 2.00. The molecule has 2 aromatic rings. The van der Waals surface area contributed by atoms with Crippen LogP contribution in [0.4, 0.5) is 5.82 Å². The van der Waals surface area contributed by atoms with Crippen molar-refractivity contribution in [1.82, 2.24) is 9.38 Å². The number of imidazole rings is 1. The van der Waals surface area contributed by atoms with Gasteiger partial charge in [0.1, 0.15) is 5.65 Å². The van der Waals surface area contributed by atoms with Crippen LogP contribution in [0.5, 0.6) is 0 Å². The molecule has 21 heavy (non-hydrogen) atoms. The van der Waals surface area contributed by atoms with Crippen LogP contribution in [0.3, 0.4) is 0 Å². The van der Waals surface area contributed by atoms with Crippen molar-refractivity contribution in [3.05, 3.63) is 30.1 Å². The van der Waals surface area contributed by atoms with Crippen molar-refractivity contribution in [2.24, 2.45) is 5.73 Å². The summed E-state index contributed by atoms with van der Waals surface area (Å²) in [6, 6.07) is 7.01. The molecule has 1 aliphatic carbocycles. The van der Waals surface area contributed by atoms with Gasteiger partial charge in [-0.15, -0.1) is 0 Å². The maximum atomic E-state index is 6.22. The lowest BCUT2D eigenvalue weighted by Crippen LogP contribution is -2.31. The van der Waals surface area contributed by atoms with Crippen LogP contribution in [0.2, 0.25) is 0 Å². The number of rotatable bonds is 5. The lowest BCUT2D eigenvalue weighted by molar-refractivity contribution is 0.617. The van der Waals surface area contributed by atoms with Crippen molar-refractivity contribution in [2.45, 2.75) is 57.5 Å². The van der Waals surface area contributed by atoms with E-state index in [2.05, 4.69) is 41.6 Å². The number of hydrogen-bond donors (Lipinski definition) is 1. The molecule has 1 fully saturated rings. The molecule has 0 aromatic carbocycles.